The average Bonchev–Trinajstić information content (AvgIpc) is 2.99. The van der Waals surface area contributed by atoms with Gasteiger partial charge in [0, 0.05) is 18.3 Å². The van der Waals surface area contributed by atoms with Crippen LogP contribution < -0.4 is 5.32 Å². The minimum absolute atomic E-state index is 0.617. The molecule has 0 bridgehead atoms. The third kappa shape index (κ3) is 3.25. The number of nitrogens with zero attached hydrogens (tertiary/aromatic N) is 4. The number of nitrogens with one attached hydrogen (secondary N) is 1. The minimum atomic E-state index is 0.617. The van der Waals surface area contributed by atoms with Crippen LogP contribution in [-0.4, -0.2) is 26.3 Å². The van der Waals surface area contributed by atoms with E-state index in [1.54, 1.807) is 12.4 Å². The number of hydrogen-bond donors (Lipinski definition) is 1. The van der Waals surface area contributed by atoms with E-state index in [0.29, 0.717) is 6.54 Å². The molecule has 1 aromatic carbocycles. The van der Waals surface area contributed by atoms with Gasteiger partial charge in [-0.25, -0.2) is 4.98 Å². The Bertz CT molecular complexity index is 688. The van der Waals surface area contributed by atoms with Gasteiger partial charge in [-0.15, -0.1) is 0 Å². The van der Waals surface area contributed by atoms with Crippen LogP contribution >= 0.6 is 0 Å². The predicted molar refractivity (Wildman–Crippen MR) is 83.0 cm³/mol. The van der Waals surface area contributed by atoms with E-state index in [1.807, 2.05) is 42.2 Å². The average molecular weight is 279 g/mol. The molecular weight excluding hydrogens is 262 g/mol. The number of hydrogen-bond acceptors (Lipinski definition) is 4. The molecule has 1 N–H and O–H groups in total. The van der Waals surface area contributed by atoms with Gasteiger partial charge in [-0.05, 0) is 12.5 Å². The normalized spacial score (nSPS) is 10.5. The lowest BCUT2D eigenvalue weighted by Gasteiger charge is -2.03. The van der Waals surface area contributed by atoms with E-state index < -0.39 is 0 Å². The van der Waals surface area contributed by atoms with Gasteiger partial charge in [0.05, 0.1) is 30.8 Å². The predicted octanol–water partition coefficient (Wildman–Crippen LogP) is 2.82. The van der Waals surface area contributed by atoms with Crippen molar-refractivity contribution in [1.29, 1.82) is 0 Å². The second kappa shape index (κ2) is 6.17. The molecule has 2 heterocycles. The monoisotopic (exact) mass is 279 g/mol. The molecule has 0 amide bonds. The van der Waals surface area contributed by atoms with E-state index in [-0.39, 0.29) is 0 Å². The molecule has 5 heteroatoms. The highest BCUT2D eigenvalue weighted by Gasteiger charge is 2.03. The third-order valence-corrected chi connectivity index (χ3v) is 3.13. The van der Waals surface area contributed by atoms with Crippen molar-refractivity contribution >= 4 is 5.82 Å². The van der Waals surface area contributed by atoms with Crippen LogP contribution in [0.5, 0.6) is 0 Å². The van der Waals surface area contributed by atoms with E-state index in [1.165, 1.54) is 0 Å². The van der Waals surface area contributed by atoms with Gasteiger partial charge < -0.3 is 5.32 Å². The van der Waals surface area contributed by atoms with Crippen LogP contribution in [0, 0.1) is 0 Å². The molecular formula is C16H17N5. The Balaban J connectivity index is 1.72. The summed E-state index contributed by atoms with van der Waals surface area (Å²) in [5.74, 6) is 0.798. The standard InChI is InChI=1S/C16H17N5/c1-2-17-16-10-18-15(9-19-16)12-21-11-14(8-20-21)13-6-4-3-5-7-13/h3-11H,2,12H2,1H3,(H,17,19). The van der Waals surface area contributed by atoms with Crippen molar-refractivity contribution in [3.05, 3.63) is 60.8 Å². The van der Waals surface area contributed by atoms with Crippen LogP contribution in [0.15, 0.2) is 55.1 Å². The first-order chi connectivity index (χ1) is 10.3. The molecule has 0 fully saturated rings. The van der Waals surface area contributed by atoms with Crippen LogP contribution in [0.3, 0.4) is 0 Å². The Kier molecular flexibility index (Phi) is 3.91. The van der Waals surface area contributed by atoms with Gasteiger partial charge in [0.25, 0.3) is 0 Å². The fraction of sp³-hybridized carbons (Fsp3) is 0.188. The second-order valence-corrected chi connectivity index (χ2v) is 4.72. The zero-order valence-corrected chi connectivity index (χ0v) is 11.9. The van der Waals surface area contributed by atoms with Crippen molar-refractivity contribution in [3.63, 3.8) is 0 Å². The van der Waals surface area contributed by atoms with Crippen LogP contribution in [-0.2, 0) is 6.54 Å². The maximum Gasteiger partial charge on any atom is 0.144 e. The molecule has 0 aliphatic rings. The Labute approximate surface area is 123 Å². The highest BCUT2D eigenvalue weighted by atomic mass is 15.3. The molecule has 106 valence electrons. The van der Waals surface area contributed by atoms with Gasteiger partial charge in [0.15, 0.2) is 0 Å². The molecule has 0 saturated heterocycles. The first kappa shape index (κ1) is 13.3. The second-order valence-electron chi connectivity index (χ2n) is 4.72. The fourth-order valence-electron chi connectivity index (χ4n) is 2.10. The van der Waals surface area contributed by atoms with Crippen molar-refractivity contribution in [2.24, 2.45) is 0 Å². The summed E-state index contributed by atoms with van der Waals surface area (Å²) < 4.78 is 1.87. The largest absolute Gasteiger partial charge is 0.369 e. The maximum atomic E-state index is 4.39. The molecule has 0 spiro atoms. The third-order valence-electron chi connectivity index (χ3n) is 3.13. The molecule has 0 aliphatic heterocycles. The van der Waals surface area contributed by atoms with Crippen LogP contribution in [0.2, 0.25) is 0 Å². The van der Waals surface area contributed by atoms with Crippen molar-refractivity contribution in [2.45, 2.75) is 13.5 Å². The van der Waals surface area contributed by atoms with E-state index in [0.717, 1.165) is 29.2 Å². The molecule has 21 heavy (non-hydrogen) atoms. The molecule has 0 unspecified atom stereocenters. The Morgan fingerprint density at radius 1 is 1.00 bits per heavy atom. The number of aromatic nitrogens is 4. The van der Waals surface area contributed by atoms with Gasteiger partial charge >= 0.3 is 0 Å². The molecule has 0 saturated carbocycles. The zero-order valence-electron chi connectivity index (χ0n) is 11.9. The van der Waals surface area contributed by atoms with Crippen molar-refractivity contribution < 1.29 is 0 Å². The fourth-order valence-corrected chi connectivity index (χ4v) is 2.10. The summed E-state index contributed by atoms with van der Waals surface area (Å²) in [6.45, 7) is 3.49. The molecule has 3 rings (SSSR count). The van der Waals surface area contributed by atoms with Gasteiger partial charge in [-0.2, -0.15) is 5.10 Å². The molecule has 3 aromatic rings. The SMILES string of the molecule is CCNc1cnc(Cn2cc(-c3ccccc3)cn2)cn1. The summed E-state index contributed by atoms with van der Waals surface area (Å²) in [5.41, 5.74) is 3.16. The molecule has 0 aliphatic carbocycles. The number of benzene rings is 1. The lowest BCUT2D eigenvalue weighted by Crippen LogP contribution is -2.05. The quantitative estimate of drug-likeness (QED) is 0.780. The number of anilines is 1. The van der Waals surface area contributed by atoms with Gasteiger partial charge in [-0.1, -0.05) is 30.3 Å². The Morgan fingerprint density at radius 3 is 2.57 bits per heavy atom. The first-order valence-corrected chi connectivity index (χ1v) is 6.98. The maximum absolute atomic E-state index is 4.39. The van der Waals surface area contributed by atoms with Gasteiger partial charge in [0.1, 0.15) is 5.82 Å². The molecule has 5 nitrogen and oxygen atoms in total. The summed E-state index contributed by atoms with van der Waals surface area (Å²) in [6.07, 6.45) is 7.42. The summed E-state index contributed by atoms with van der Waals surface area (Å²) in [7, 11) is 0. The topological polar surface area (TPSA) is 55.6 Å². The number of rotatable bonds is 5. The zero-order chi connectivity index (χ0) is 14.5. The van der Waals surface area contributed by atoms with E-state index in [2.05, 4.69) is 32.5 Å². The highest BCUT2D eigenvalue weighted by molar-refractivity contribution is 5.61. The first-order valence-electron chi connectivity index (χ1n) is 6.98. The van der Waals surface area contributed by atoms with Gasteiger partial charge in [-0.3, -0.25) is 9.67 Å². The molecule has 0 radical (unpaired) electrons. The van der Waals surface area contributed by atoms with Crippen LogP contribution in [0.4, 0.5) is 5.82 Å². The van der Waals surface area contributed by atoms with Crippen LogP contribution in [0.25, 0.3) is 11.1 Å². The highest BCUT2D eigenvalue weighted by Crippen LogP contribution is 2.17. The van der Waals surface area contributed by atoms with E-state index in [4.69, 9.17) is 0 Å². The summed E-state index contributed by atoms with van der Waals surface area (Å²) in [6, 6.07) is 10.2. The Morgan fingerprint density at radius 2 is 1.86 bits per heavy atom. The minimum Gasteiger partial charge on any atom is -0.369 e. The summed E-state index contributed by atoms with van der Waals surface area (Å²) >= 11 is 0. The summed E-state index contributed by atoms with van der Waals surface area (Å²) in [4.78, 5) is 8.70. The lowest BCUT2D eigenvalue weighted by atomic mass is 10.1. The van der Waals surface area contributed by atoms with Crippen molar-refractivity contribution in [1.82, 2.24) is 19.7 Å². The van der Waals surface area contributed by atoms with E-state index in [9.17, 15) is 0 Å². The van der Waals surface area contributed by atoms with Crippen molar-refractivity contribution in [2.75, 3.05) is 11.9 Å². The smallest absolute Gasteiger partial charge is 0.144 e. The van der Waals surface area contributed by atoms with E-state index >= 15 is 0 Å². The Hall–Kier alpha value is -2.69. The van der Waals surface area contributed by atoms with Gasteiger partial charge in [0.2, 0.25) is 0 Å². The van der Waals surface area contributed by atoms with Crippen LogP contribution in [0.1, 0.15) is 12.6 Å². The summed E-state index contributed by atoms with van der Waals surface area (Å²) in [5, 5.41) is 7.51. The molecule has 2 aromatic heterocycles. The molecule has 0 atom stereocenters. The van der Waals surface area contributed by atoms with Crippen molar-refractivity contribution in [3.8, 4) is 11.1 Å². The lowest BCUT2D eigenvalue weighted by molar-refractivity contribution is 0.670.